The molecular formula is C22H18ClN3O3S2. The van der Waals surface area contributed by atoms with Crippen LogP contribution in [0.15, 0.2) is 77.7 Å². The van der Waals surface area contributed by atoms with Gasteiger partial charge in [-0.3, -0.25) is 9.52 Å². The van der Waals surface area contributed by atoms with Gasteiger partial charge in [0, 0.05) is 23.3 Å². The van der Waals surface area contributed by atoms with Gasteiger partial charge in [0.2, 0.25) is 0 Å². The molecule has 0 atom stereocenters. The van der Waals surface area contributed by atoms with Crippen molar-refractivity contribution < 1.29 is 13.2 Å². The Bertz CT molecular complexity index is 1320. The maximum Gasteiger partial charge on any atom is 0.261 e. The van der Waals surface area contributed by atoms with E-state index in [4.69, 9.17) is 11.6 Å². The van der Waals surface area contributed by atoms with E-state index in [1.54, 1.807) is 43.4 Å². The summed E-state index contributed by atoms with van der Waals surface area (Å²) in [6.45, 7) is 0.332. The Morgan fingerprint density at radius 1 is 1.06 bits per heavy atom. The van der Waals surface area contributed by atoms with Gasteiger partial charge in [0.05, 0.1) is 21.7 Å². The molecule has 0 saturated carbocycles. The van der Waals surface area contributed by atoms with Crippen LogP contribution in [0.3, 0.4) is 0 Å². The zero-order valence-corrected chi connectivity index (χ0v) is 18.8. The molecule has 0 fully saturated rings. The Hall–Kier alpha value is -2.94. The van der Waals surface area contributed by atoms with Crippen LogP contribution in [0.5, 0.6) is 0 Å². The highest BCUT2D eigenvalue weighted by Crippen LogP contribution is 2.23. The number of thiazole rings is 1. The fourth-order valence-corrected chi connectivity index (χ4v) is 5.26. The first-order valence-corrected chi connectivity index (χ1v) is 12.0. The predicted molar refractivity (Wildman–Crippen MR) is 124 cm³/mol. The topological polar surface area (TPSA) is 79.4 Å². The summed E-state index contributed by atoms with van der Waals surface area (Å²) < 4.78 is 29.0. The lowest BCUT2D eigenvalue weighted by Gasteiger charge is -2.16. The summed E-state index contributed by atoms with van der Waals surface area (Å²) in [5.41, 5.74) is 1.56. The Balaban J connectivity index is 1.52. The van der Waals surface area contributed by atoms with Gasteiger partial charge in [0.15, 0.2) is 0 Å². The fourth-order valence-electron chi connectivity index (χ4n) is 3.01. The number of para-hydroxylation sites is 1. The lowest BCUT2D eigenvalue weighted by atomic mass is 10.2. The van der Waals surface area contributed by atoms with Crippen molar-refractivity contribution in [3.05, 3.63) is 88.4 Å². The largest absolute Gasteiger partial charge is 0.335 e. The second kappa shape index (κ2) is 8.66. The Morgan fingerprint density at radius 3 is 2.55 bits per heavy atom. The van der Waals surface area contributed by atoms with Crippen molar-refractivity contribution in [2.24, 2.45) is 0 Å². The molecule has 0 aliphatic carbocycles. The number of halogens is 1. The summed E-state index contributed by atoms with van der Waals surface area (Å²) in [5.74, 6) is -0.289. The Morgan fingerprint density at radius 2 is 1.81 bits per heavy atom. The van der Waals surface area contributed by atoms with Crippen LogP contribution in [-0.2, 0) is 16.6 Å². The number of hydrogen-bond acceptors (Lipinski definition) is 5. The summed E-state index contributed by atoms with van der Waals surface area (Å²) in [6, 6.07) is 20.1. The van der Waals surface area contributed by atoms with E-state index in [-0.39, 0.29) is 16.4 Å². The van der Waals surface area contributed by atoms with Crippen LogP contribution in [0, 0.1) is 0 Å². The van der Waals surface area contributed by atoms with Crippen molar-refractivity contribution in [3.63, 3.8) is 0 Å². The molecule has 4 rings (SSSR count). The minimum Gasteiger partial charge on any atom is -0.335 e. The number of fused-ring (bicyclic) bond motifs is 1. The molecule has 158 valence electrons. The third-order valence-electron chi connectivity index (χ3n) is 4.55. The molecule has 1 amide bonds. The van der Waals surface area contributed by atoms with Crippen LogP contribution in [0.1, 0.15) is 15.4 Å². The molecule has 4 aromatic rings. The highest BCUT2D eigenvalue weighted by atomic mass is 35.5. The lowest BCUT2D eigenvalue weighted by Crippen LogP contribution is -2.26. The van der Waals surface area contributed by atoms with Gasteiger partial charge < -0.3 is 4.90 Å². The third-order valence-corrected chi connectivity index (χ3v) is 7.20. The maximum absolute atomic E-state index is 12.9. The van der Waals surface area contributed by atoms with E-state index in [1.807, 2.05) is 24.3 Å². The van der Waals surface area contributed by atoms with Gasteiger partial charge in [-0.15, -0.1) is 11.3 Å². The molecule has 1 heterocycles. The first-order valence-electron chi connectivity index (χ1n) is 9.30. The fraction of sp³-hybridized carbons (Fsp3) is 0.0909. The first kappa shape index (κ1) is 21.3. The molecule has 0 unspecified atom stereocenters. The van der Waals surface area contributed by atoms with Gasteiger partial charge in [-0.2, -0.15) is 0 Å². The number of carbonyl (C=O) groups excluding carboxylic acids is 1. The Kier molecular flexibility index (Phi) is 5.95. The van der Waals surface area contributed by atoms with E-state index in [0.717, 1.165) is 15.2 Å². The van der Waals surface area contributed by atoms with E-state index in [9.17, 15) is 13.2 Å². The molecule has 1 N–H and O–H groups in total. The number of nitrogens with zero attached hydrogens (tertiary/aromatic N) is 2. The van der Waals surface area contributed by atoms with Crippen molar-refractivity contribution in [2.75, 3.05) is 11.8 Å². The number of amides is 1. The zero-order valence-electron chi connectivity index (χ0n) is 16.4. The molecule has 6 nitrogen and oxygen atoms in total. The van der Waals surface area contributed by atoms with Crippen LogP contribution >= 0.6 is 22.9 Å². The number of aromatic nitrogens is 1. The quantitative estimate of drug-likeness (QED) is 0.428. The van der Waals surface area contributed by atoms with Crippen molar-refractivity contribution >= 4 is 54.8 Å². The number of benzene rings is 3. The van der Waals surface area contributed by atoms with Crippen LogP contribution in [-0.4, -0.2) is 31.3 Å². The normalized spacial score (nSPS) is 11.4. The van der Waals surface area contributed by atoms with E-state index in [1.165, 1.54) is 28.4 Å². The molecule has 1 aromatic heterocycles. The molecular weight excluding hydrogens is 454 g/mol. The summed E-state index contributed by atoms with van der Waals surface area (Å²) in [7, 11) is -2.19. The molecule has 0 aliphatic rings. The van der Waals surface area contributed by atoms with Gasteiger partial charge in [-0.1, -0.05) is 29.8 Å². The highest BCUT2D eigenvalue weighted by Gasteiger charge is 2.19. The first-order chi connectivity index (χ1) is 14.8. The highest BCUT2D eigenvalue weighted by molar-refractivity contribution is 7.92. The molecule has 3 aromatic carbocycles. The second-order valence-electron chi connectivity index (χ2n) is 6.88. The number of sulfonamides is 1. The maximum atomic E-state index is 12.9. The number of carbonyl (C=O) groups is 1. The molecule has 0 bridgehead atoms. The van der Waals surface area contributed by atoms with E-state index in [2.05, 4.69) is 9.71 Å². The van der Waals surface area contributed by atoms with Gasteiger partial charge >= 0.3 is 0 Å². The second-order valence-corrected chi connectivity index (χ2v) is 10.1. The number of rotatable bonds is 6. The van der Waals surface area contributed by atoms with E-state index in [0.29, 0.717) is 17.3 Å². The van der Waals surface area contributed by atoms with Crippen LogP contribution < -0.4 is 4.72 Å². The molecule has 0 aliphatic heterocycles. The standard InChI is InChI=1S/C22H18ClN3O3S2/c1-26(14-21-24-19-7-2-3-8-20(19)30-21)22(27)15-5-4-6-18(13-15)31(28,29)25-17-11-9-16(23)10-12-17/h2-13,25H,14H2,1H3. The summed E-state index contributed by atoms with van der Waals surface area (Å²) in [6.07, 6.45) is 0. The van der Waals surface area contributed by atoms with Crippen molar-refractivity contribution in [1.82, 2.24) is 9.88 Å². The van der Waals surface area contributed by atoms with Gasteiger partial charge in [-0.05, 0) is 54.6 Å². The van der Waals surface area contributed by atoms with Crippen molar-refractivity contribution in [1.29, 1.82) is 0 Å². The van der Waals surface area contributed by atoms with E-state index < -0.39 is 10.0 Å². The van der Waals surface area contributed by atoms with Crippen LogP contribution in [0.4, 0.5) is 5.69 Å². The molecule has 31 heavy (non-hydrogen) atoms. The molecule has 0 spiro atoms. The molecule has 9 heteroatoms. The van der Waals surface area contributed by atoms with Gasteiger partial charge in [-0.25, -0.2) is 13.4 Å². The van der Waals surface area contributed by atoms with Crippen LogP contribution in [0.25, 0.3) is 10.2 Å². The van der Waals surface area contributed by atoms with Gasteiger partial charge in [0.1, 0.15) is 5.01 Å². The third kappa shape index (κ3) is 4.87. The molecule has 0 saturated heterocycles. The average molecular weight is 472 g/mol. The van der Waals surface area contributed by atoms with Gasteiger partial charge in [0.25, 0.3) is 15.9 Å². The number of hydrogen-bond donors (Lipinski definition) is 1. The Labute approximate surface area is 189 Å². The van der Waals surface area contributed by atoms with Crippen LogP contribution in [0.2, 0.25) is 5.02 Å². The number of anilines is 1. The zero-order chi connectivity index (χ0) is 22.0. The minimum atomic E-state index is -3.86. The summed E-state index contributed by atoms with van der Waals surface area (Å²) >= 11 is 7.37. The number of nitrogens with one attached hydrogen (secondary N) is 1. The van der Waals surface area contributed by atoms with E-state index >= 15 is 0 Å². The minimum absolute atomic E-state index is 0.00156. The predicted octanol–water partition coefficient (Wildman–Crippen LogP) is 5.02. The SMILES string of the molecule is CN(Cc1nc2ccccc2s1)C(=O)c1cccc(S(=O)(=O)Nc2ccc(Cl)cc2)c1. The molecule has 0 radical (unpaired) electrons. The summed E-state index contributed by atoms with van der Waals surface area (Å²) in [4.78, 5) is 19.0. The lowest BCUT2D eigenvalue weighted by molar-refractivity contribution is 0.0785. The monoisotopic (exact) mass is 471 g/mol. The summed E-state index contributed by atoms with van der Waals surface area (Å²) in [5, 5.41) is 1.32. The van der Waals surface area contributed by atoms with Crippen molar-refractivity contribution in [3.8, 4) is 0 Å². The average Bonchev–Trinajstić information content (AvgIpc) is 3.17. The van der Waals surface area contributed by atoms with Crippen molar-refractivity contribution in [2.45, 2.75) is 11.4 Å². The smallest absolute Gasteiger partial charge is 0.261 e.